The molecule has 0 amide bonds. The molecule has 0 bridgehead atoms. The van der Waals surface area contributed by atoms with Crippen molar-refractivity contribution in [3.05, 3.63) is 64.7 Å². The van der Waals surface area contributed by atoms with Gasteiger partial charge in [-0.05, 0) is 42.7 Å². The highest BCUT2D eigenvalue weighted by atomic mass is 16.5. The number of hydrogen-bond donors (Lipinski definition) is 2. The molecule has 0 saturated heterocycles. The van der Waals surface area contributed by atoms with Gasteiger partial charge in [-0.3, -0.25) is 0 Å². The topological polar surface area (TPSA) is 67.8 Å². The Bertz CT molecular complexity index is 636. The van der Waals surface area contributed by atoms with E-state index in [0.29, 0.717) is 17.9 Å². The third kappa shape index (κ3) is 3.09. The Morgan fingerprint density at radius 2 is 1.90 bits per heavy atom. The number of rotatable bonds is 4. The molecule has 0 atom stereocenters. The van der Waals surface area contributed by atoms with E-state index >= 15 is 0 Å². The summed E-state index contributed by atoms with van der Waals surface area (Å²) in [5.41, 5.74) is 9.78. The molecule has 20 heavy (non-hydrogen) atoms. The number of nitrogens with zero attached hydrogens (tertiary/aromatic N) is 1. The normalized spacial score (nSPS) is 11.4. The molecule has 0 fully saturated rings. The Balaban J connectivity index is 2.17. The lowest BCUT2D eigenvalue weighted by Gasteiger charge is -2.11. The van der Waals surface area contributed by atoms with Crippen LogP contribution >= 0.6 is 0 Å². The van der Waals surface area contributed by atoms with Crippen molar-refractivity contribution in [2.75, 3.05) is 0 Å². The molecule has 0 aliphatic rings. The second kappa shape index (κ2) is 6.10. The molecule has 0 unspecified atom stereocenters. The lowest BCUT2D eigenvalue weighted by molar-refractivity contribution is 0.303. The van der Waals surface area contributed by atoms with Crippen molar-refractivity contribution in [2.24, 2.45) is 10.9 Å². The zero-order valence-electron chi connectivity index (χ0n) is 11.6. The van der Waals surface area contributed by atoms with Crippen LogP contribution in [-0.2, 0) is 6.61 Å². The van der Waals surface area contributed by atoms with Crippen LogP contribution in [0.3, 0.4) is 0 Å². The van der Waals surface area contributed by atoms with Crippen LogP contribution in [0.25, 0.3) is 0 Å². The van der Waals surface area contributed by atoms with Crippen molar-refractivity contribution in [3.63, 3.8) is 0 Å². The average Bonchev–Trinajstić information content (AvgIpc) is 2.48. The number of ether oxygens (including phenoxy) is 1. The van der Waals surface area contributed by atoms with Gasteiger partial charge in [0.15, 0.2) is 5.84 Å². The first-order chi connectivity index (χ1) is 9.61. The molecule has 2 aromatic rings. The second-order valence-corrected chi connectivity index (χ2v) is 4.69. The number of amidine groups is 1. The van der Waals surface area contributed by atoms with Gasteiger partial charge in [0.1, 0.15) is 12.4 Å². The predicted octanol–water partition coefficient (Wildman–Crippen LogP) is 2.98. The maximum Gasteiger partial charge on any atom is 0.173 e. The van der Waals surface area contributed by atoms with E-state index in [0.717, 1.165) is 5.56 Å². The summed E-state index contributed by atoms with van der Waals surface area (Å²) in [4.78, 5) is 0. The minimum Gasteiger partial charge on any atom is -0.488 e. The van der Waals surface area contributed by atoms with Crippen LogP contribution in [0.1, 0.15) is 22.3 Å². The van der Waals surface area contributed by atoms with Gasteiger partial charge in [-0.2, -0.15) is 0 Å². The Kier molecular flexibility index (Phi) is 4.25. The van der Waals surface area contributed by atoms with Crippen molar-refractivity contribution in [1.29, 1.82) is 0 Å². The maximum atomic E-state index is 8.77. The van der Waals surface area contributed by atoms with E-state index in [1.54, 1.807) is 12.1 Å². The Morgan fingerprint density at radius 1 is 1.15 bits per heavy atom. The Morgan fingerprint density at radius 3 is 2.60 bits per heavy atom. The third-order valence-electron chi connectivity index (χ3n) is 3.24. The lowest BCUT2D eigenvalue weighted by atomic mass is 10.1. The number of nitrogens with two attached hydrogens (primary N) is 1. The van der Waals surface area contributed by atoms with E-state index in [2.05, 4.69) is 31.1 Å². The molecule has 2 aromatic carbocycles. The van der Waals surface area contributed by atoms with Gasteiger partial charge >= 0.3 is 0 Å². The molecule has 2 rings (SSSR count). The molecule has 4 heteroatoms. The maximum absolute atomic E-state index is 8.77. The summed E-state index contributed by atoms with van der Waals surface area (Å²) in [6, 6.07) is 13.4. The van der Waals surface area contributed by atoms with Gasteiger partial charge in [-0.15, -0.1) is 0 Å². The molecule has 0 heterocycles. The van der Waals surface area contributed by atoms with Crippen LogP contribution in [-0.4, -0.2) is 11.0 Å². The number of para-hydroxylation sites is 1. The quantitative estimate of drug-likeness (QED) is 0.388. The zero-order valence-corrected chi connectivity index (χ0v) is 11.6. The summed E-state index contributed by atoms with van der Waals surface area (Å²) in [5, 5.41) is 11.8. The lowest BCUT2D eigenvalue weighted by Crippen LogP contribution is -2.14. The van der Waals surface area contributed by atoms with Gasteiger partial charge in [0, 0.05) is 0 Å². The van der Waals surface area contributed by atoms with Crippen LogP contribution in [0.2, 0.25) is 0 Å². The standard InChI is InChI=1S/C16H18N2O2/c1-11-7-8-13(9-12(11)2)10-20-15-6-4-3-5-14(15)16(17)18-19/h3-9,19H,10H2,1-2H3,(H2,17,18). The van der Waals surface area contributed by atoms with Crippen molar-refractivity contribution in [2.45, 2.75) is 20.5 Å². The van der Waals surface area contributed by atoms with Gasteiger partial charge < -0.3 is 15.7 Å². The third-order valence-corrected chi connectivity index (χ3v) is 3.24. The number of aryl methyl sites for hydroxylation is 2. The molecule has 0 spiro atoms. The first-order valence-corrected chi connectivity index (χ1v) is 6.37. The molecule has 3 N–H and O–H groups in total. The first-order valence-electron chi connectivity index (χ1n) is 6.37. The van der Waals surface area contributed by atoms with Gasteiger partial charge in [0.2, 0.25) is 0 Å². The summed E-state index contributed by atoms with van der Waals surface area (Å²) in [6.45, 7) is 4.59. The molecule has 0 saturated carbocycles. The number of hydrogen-bond acceptors (Lipinski definition) is 3. The molecule has 4 nitrogen and oxygen atoms in total. The Labute approximate surface area is 118 Å². The molecular formula is C16H18N2O2. The molecule has 0 aliphatic heterocycles. The molecule has 0 radical (unpaired) electrons. The van der Waals surface area contributed by atoms with Crippen molar-refractivity contribution in [3.8, 4) is 5.75 Å². The fourth-order valence-electron chi connectivity index (χ4n) is 1.91. The number of benzene rings is 2. The van der Waals surface area contributed by atoms with Crippen LogP contribution in [0, 0.1) is 13.8 Å². The van der Waals surface area contributed by atoms with Crippen molar-refractivity contribution in [1.82, 2.24) is 0 Å². The summed E-state index contributed by atoms with van der Waals surface area (Å²) >= 11 is 0. The Hall–Kier alpha value is -2.49. The highest BCUT2D eigenvalue weighted by Gasteiger charge is 2.07. The van der Waals surface area contributed by atoms with Crippen molar-refractivity contribution >= 4 is 5.84 Å². The SMILES string of the molecule is Cc1ccc(COc2ccccc2C(N)=NO)cc1C. The van der Waals surface area contributed by atoms with E-state index in [9.17, 15) is 0 Å². The largest absolute Gasteiger partial charge is 0.488 e. The van der Waals surface area contributed by atoms with Gasteiger partial charge in [-0.1, -0.05) is 35.5 Å². The predicted molar refractivity (Wildman–Crippen MR) is 79.2 cm³/mol. The second-order valence-electron chi connectivity index (χ2n) is 4.69. The van der Waals surface area contributed by atoms with E-state index in [1.165, 1.54) is 11.1 Å². The first kappa shape index (κ1) is 13.9. The molecule has 0 aliphatic carbocycles. The monoisotopic (exact) mass is 270 g/mol. The molecule has 104 valence electrons. The summed E-state index contributed by atoms with van der Waals surface area (Å²) in [7, 11) is 0. The van der Waals surface area contributed by atoms with E-state index in [4.69, 9.17) is 15.7 Å². The molecular weight excluding hydrogens is 252 g/mol. The average molecular weight is 270 g/mol. The fourth-order valence-corrected chi connectivity index (χ4v) is 1.91. The molecule has 0 aromatic heterocycles. The van der Waals surface area contributed by atoms with Gasteiger partial charge in [0.05, 0.1) is 5.56 Å². The van der Waals surface area contributed by atoms with Crippen LogP contribution in [0.15, 0.2) is 47.6 Å². The van der Waals surface area contributed by atoms with Crippen LogP contribution in [0.4, 0.5) is 0 Å². The summed E-state index contributed by atoms with van der Waals surface area (Å²) < 4.78 is 5.77. The highest BCUT2D eigenvalue weighted by molar-refractivity contribution is 5.99. The van der Waals surface area contributed by atoms with E-state index in [-0.39, 0.29) is 5.84 Å². The minimum atomic E-state index is 0.0423. The highest BCUT2D eigenvalue weighted by Crippen LogP contribution is 2.19. The fraction of sp³-hybridized carbons (Fsp3) is 0.188. The number of oxime groups is 1. The van der Waals surface area contributed by atoms with E-state index in [1.807, 2.05) is 18.2 Å². The van der Waals surface area contributed by atoms with Crippen molar-refractivity contribution < 1.29 is 9.94 Å². The smallest absolute Gasteiger partial charge is 0.173 e. The van der Waals surface area contributed by atoms with Gasteiger partial charge in [0.25, 0.3) is 0 Å². The zero-order chi connectivity index (χ0) is 14.5. The van der Waals surface area contributed by atoms with Crippen LogP contribution in [0.5, 0.6) is 5.75 Å². The van der Waals surface area contributed by atoms with Crippen LogP contribution < -0.4 is 10.5 Å². The van der Waals surface area contributed by atoms with Gasteiger partial charge in [-0.25, -0.2) is 0 Å². The summed E-state index contributed by atoms with van der Waals surface area (Å²) in [6.07, 6.45) is 0. The summed E-state index contributed by atoms with van der Waals surface area (Å²) in [5.74, 6) is 0.640. The minimum absolute atomic E-state index is 0.0423. The van der Waals surface area contributed by atoms with E-state index < -0.39 is 0 Å².